The Morgan fingerprint density at radius 2 is 1.92 bits per heavy atom. The summed E-state index contributed by atoms with van der Waals surface area (Å²) in [5, 5.41) is 3.26. The van der Waals surface area contributed by atoms with E-state index in [4.69, 9.17) is 10.2 Å². The number of piperidine rings is 1. The number of hydrogen-bond acceptors (Lipinski definition) is 3. The van der Waals surface area contributed by atoms with Gasteiger partial charge < -0.3 is 15.5 Å². The Morgan fingerprint density at radius 1 is 1.12 bits per heavy atom. The smallest absolute Gasteiger partial charge is 0.188 e. The van der Waals surface area contributed by atoms with E-state index in [-0.39, 0.29) is 6.04 Å². The van der Waals surface area contributed by atoms with Gasteiger partial charge in [-0.05, 0) is 43.6 Å². The van der Waals surface area contributed by atoms with Gasteiger partial charge in [-0.3, -0.25) is 4.90 Å². The number of likely N-dealkylation sites (tertiary alicyclic amines) is 1. The molecule has 1 saturated heterocycles. The largest absolute Gasteiger partial charge is 0.468 e. The lowest BCUT2D eigenvalue weighted by molar-refractivity contribution is 0.146. The Morgan fingerprint density at radius 3 is 2.62 bits per heavy atom. The third-order valence-corrected chi connectivity index (χ3v) is 4.45. The Balaban J connectivity index is 1.58. The van der Waals surface area contributed by atoms with Crippen LogP contribution in [0.15, 0.2) is 58.1 Å². The van der Waals surface area contributed by atoms with E-state index in [9.17, 15) is 0 Å². The molecule has 128 valence electrons. The summed E-state index contributed by atoms with van der Waals surface area (Å²) < 4.78 is 5.65. The second-order valence-electron chi connectivity index (χ2n) is 6.20. The van der Waals surface area contributed by atoms with Gasteiger partial charge in [-0.15, -0.1) is 0 Å². The van der Waals surface area contributed by atoms with Gasteiger partial charge in [0.25, 0.3) is 0 Å². The first-order chi connectivity index (χ1) is 11.8. The summed E-state index contributed by atoms with van der Waals surface area (Å²) in [6, 6.07) is 14.3. The van der Waals surface area contributed by atoms with Crippen molar-refractivity contribution in [3.63, 3.8) is 0 Å². The maximum absolute atomic E-state index is 6.04. The summed E-state index contributed by atoms with van der Waals surface area (Å²) >= 11 is 0. The lowest BCUT2D eigenvalue weighted by Gasteiger charge is -2.33. The summed E-state index contributed by atoms with van der Waals surface area (Å²) in [7, 11) is 0. The molecule has 5 nitrogen and oxygen atoms in total. The molecule has 1 aliphatic heterocycles. The number of nitrogens with two attached hydrogens (primary N) is 1. The highest BCUT2D eigenvalue weighted by Crippen LogP contribution is 2.24. The minimum Gasteiger partial charge on any atom is -0.468 e. The van der Waals surface area contributed by atoms with Crippen molar-refractivity contribution in [3.05, 3.63) is 60.1 Å². The number of hydrogen-bond donors (Lipinski definition) is 2. The summed E-state index contributed by atoms with van der Waals surface area (Å²) in [5.74, 6) is 1.47. The van der Waals surface area contributed by atoms with Crippen molar-refractivity contribution in [2.75, 3.05) is 19.6 Å². The number of furan rings is 1. The Kier molecular flexibility index (Phi) is 5.90. The molecule has 0 saturated carbocycles. The van der Waals surface area contributed by atoms with Crippen LogP contribution in [0.2, 0.25) is 0 Å². The highest BCUT2D eigenvalue weighted by molar-refractivity contribution is 5.77. The van der Waals surface area contributed by atoms with Crippen LogP contribution in [0.4, 0.5) is 0 Å². The number of nitrogens with one attached hydrogen (secondary N) is 1. The summed E-state index contributed by atoms with van der Waals surface area (Å²) in [6.45, 7) is 3.51. The van der Waals surface area contributed by atoms with Crippen LogP contribution in [0.3, 0.4) is 0 Å². The molecule has 5 heteroatoms. The normalized spacial score (nSPS) is 17.6. The van der Waals surface area contributed by atoms with Gasteiger partial charge in [-0.25, -0.2) is 4.99 Å². The maximum Gasteiger partial charge on any atom is 0.188 e. The molecular formula is C19H26N4O. The van der Waals surface area contributed by atoms with Crippen molar-refractivity contribution < 1.29 is 4.42 Å². The number of benzene rings is 1. The molecule has 1 fully saturated rings. The average Bonchev–Trinajstić information content (AvgIpc) is 3.16. The van der Waals surface area contributed by atoms with Crippen molar-refractivity contribution >= 4 is 5.96 Å². The first-order valence-electron chi connectivity index (χ1n) is 8.68. The van der Waals surface area contributed by atoms with Crippen molar-refractivity contribution in [2.24, 2.45) is 10.7 Å². The molecule has 2 aromatic rings. The predicted octanol–water partition coefficient (Wildman–Crippen LogP) is 2.91. The zero-order valence-corrected chi connectivity index (χ0v) is 14.0. The van der Waals surface area contributed by atoms with E-state index in [2.05, 4.69) is 27.3 Å². The fraction of sp³-hybridized carbons (Fsp3) is 0.421. The third kappa shape index (κ3) is 4.61. The maximum atomic E-state index is 6.04. The summed E-state index contributed by atoms with van der Waals surface area (Å²) in [5.41, 5.74) is 7.20. The molecule has 0 amide bonds. The van der Waals surface area contributed by atoms with Gasteiger partial charge in [-0.2, -0.15) is 0 Å². The molecule has 1 atom stereocenters. The van der Waals surface area contributed by atoms with Gasteiger partial charge >= 0.3 is 0 Å². The van der Waals surface area contributed by atoms with E-state index in [0.29, 0.717) is 19.0 Å². The van der Waals surface area contributed by atoms with E-state index in [1.54, 1.807) is 6.26 Å². The molecule has 0 aliphatic carbocycles. The summed E-state index contributed by atoms with van der Waals surface area (Å²) in [6.07, 6.45) is 5.54. The minimum absolute atomic E-state index is 0.200. The fourth-order valence-electron chi connectivity index (χ4n) is 3.14. The van der Waals surface area contributed by atoms with Crippen LogP contribution in [0.1, 0.15) is 36.6 Å². The monoisotopic (exact) mass is 326 g/mol. The molecule has 0 bridgehead atoms. The lowest BCUT2D eigenvalue weighted by atomic mass is 10.1. The van der Waals surface area contributed by atoms with Crippen LogP contribution in [0, 0.1) is 0 Å². The quantitative estimate of drug-likeness (QED) is 0.633. The molecule has 1 aromatic heterocycles. The van der Waals surface area contributed by atoms with E-state index in [1.807, 2.05) is 30.3 Å². The third-order valence-electron chi connectivity index (χ3n) is 4.45. The first-order valence-corrected chi connectivity index (χ1v) is 8.68. The Hall–Kier alpha value is -2.27. The zero-order valence-electron chi connectivity index (χ0n) is 14.0. The zero-order chi connectivity index (χ0) is 16.6. The molecule has 3 rings (SSSR count). The molecule has 0 radical (unpaired) electrons. The van der Waals surface area contributed by atoms with Crippen LogP contribution in [-0.4, -0.2) is 30.5 Å². The van der Waals surface area contributed by atoms with Gasteiger partial charge in [-0.1, -0.05) is 36.8 Å². The van der Waals surface area contributed by atoms with E-state index >= 15 is 0 Å². The van der Waals surface area contributed by atoms with E-state index < -0.39 is 0 Å². The molecule has 1 aliphatic rings. The van der Waals surface area contributed by atoms with Crippen LogP contribution >= 0.6 is 0 Å². The highest BCUT2D eigenvalue weighted by Gasteiger charge is 2.24. The first kappa shape index (κ1) is 16.6. The standard InChI is InChI=1S/C19H26N4O/c20-19(21-14-16-8-3-1-4-9-16)22-15-17(18-10-7-13-24-18)23-11-5-2-6-12-23/h1,3-4,7-10,13,17H,2,5-6,11-12,14-15H2,(H3,20,21,22)/t17-/m0/s1. The van der Waals surface area contributed by atoms with E-state index in [1.165, 1.54) is 19.3 Å². The molecule has 3 N–H and O–H groups in total. The van der Waals surface area contributed by atoms with Gasteiger partial charge in [0.2, 0.25) is 0 Å². The van der Waals surface area contributed by atoms with Crippen molar-refractivity contribution in [1.29, 1.82) is 0 Å². The number of guanidine groups is 1. The second kappa shape index (κ2) is 8.55. The second-order valence-corrected chi connectivity index (χ2v) is 6.20. The molecule has 1 aromatic carbocycles. The summed E-state index contributed by atoms with van der Waals surface area (Å²) in [4.78, 5) is 6.90. The topological polar surface area (TPSA) is 66.8 Å². The van der Waals surface area contributed by atoms with Crippen LogP contribution < -0.4 is 11.1 Å². The number of rotatable bonds is 6. The van der Waals surface area contributed by atoms with Crippen molar-refractivity contribution in [1.82, 2.24) is 10.2 Å². The minimum atomic E-state index is 0.200. The Labute approximate surface area is 143 Å². The van der Waals surface area contributed by atoms with Crippen molar-refractivity contribution in [3.8, 4) is 0 Å². The molecule has 0 spiro atoms. The molecule has 0 unspecified atom stereocenters. The van der Waals surface area contributed by atoms with Crippen LogP contribution in [-0.2, 0) is 6.54 Å². The van der Waals surface area contributed by atoms with E-state index in [0.717, 1.165) is 24.4 Å². The SMILES string of the molecule is NC(=NCc1ccccc1)NC[C@@H](c1ccco1)N1CCCCC1. The Bertz CT molecular complexity index is 618. The predicted molar refractivity (Wildman–Crippen MR) is 96.6 cm³/mol. The van der Waals surface area contributed by atoms with Crippen molar-refractivity contribution in [2.45, 2.75) is 31.8 Å². The van der Waals surface area contributed by atoms with Crippen LogP contribution in [0.5, 0.6) is 0 Å². The van der Waals surface area contributed by atoms with Gasteiger partial charge in [0, 0.05) is 6.54 Å². The van der Waals surface area contributed by atoms with Gasteiger partial charge in [0.05, 0.1) is 18.8 Å². The molecule has 2 heterocycles. The average molecular weight is 326 g/mol. The molecule has 24 heavy (non-hydrogen) atoms. The number of aliphatic imine (C=N–C) groups is 1. The van der Waals surface area contributed by atoms with Crippen LogP contribution in [0.25, 0.3) is 0 Å². The fourth-order valence-corrected chi connectivity index (χ4v) is 3.14. The van der Waals surface area contributed by atoms with Gasteiger partial charge in [0.1, 0.15) is 5.76 Å². The highest BCUT2D eigenvalue weighted by atomic mass is 16.3. The molecular weight excluding hydrogens is 300 g/mol. The van der Waals surface area contributed by atoms with Gasteiger partial charge in [0.15, 0.2) is 5.96 Å². The number of nitrogens with zero attached hydrogens (tertiary/aromatic N) is 2. The lowest BCUT2D eigenvalue weighted by Crippen LogP contribution is -2.42.